The second-order valence-corrected chi connectivity index (χ2v) is 15.2. The molecule has 0 aliphatic heterocycles. The maximum absolute atomic E-state index is 6.39. The van der Waals surface area contributed by atoms with Gasteiger partial charge in [-0.05, 0) is 105 Å². The fraction of sp³-hybridized carbons (Fsp3) is 0. The van der Waals surface area contributed by atoms with Gasteiger partial charge in [-0.2, -0.15) is 0 Å². The molecule has 60 heavy (non-hydrogen) atoms. The smallest absolute Gasteiger partial charge is 0.136 e. The molecule has 6 heteroatoms. The number of fused-ring (bicyclic) bond motifs is 18. The predicted molar refractivity (Wildman–Crippen MR) is 243 cm³/mol. The quantitative estimate of drug-likeness (QED) is 0.174. The van der Waals surface area contributed by atoms with Crippen LogP contribution in [0.15, 0.2) is 200 Å². The topological polar surface area (TPSA) is 78.3 Å². The number of hydrogen-bond acceptors (Lipinski definition) is 6. The molecule has 0 amide bonds. The van der Waals surface area contributed by atoms with Crippen molar-refractivity contribution in [1.82, 2.24) is 9.97 Å². The SMILES string of the molecule is c1ccc2c(c1)oc1ccc3oc4cc(-c5ccncc5)c5ccccc5c4c3c12.c1cncc(-c2cc3oc4ccc5oc6ccccc6c5c4c3c3ccccc23)c1. The van der Waals surface area contributed by atoms with Gasteiger partial charge >= 0.3 is 0 Å². The van der Waals surface area contributed by atoms with Crippen LogP contribution < -0.4 is 0 Å². The molecule has 0 unspecified atom stereocenters. The Kier molecular flexibility index (Phi) is 6.91. The van der Waals surface area contributed by atoms with E-state index in [1.54, 1.807) is 6.20 Å². The van der Waals surface area contributed by atoms with Crippen molar-refractivity contribution in [2.75, 3.05) is 0 Å². The Balaban J connectivity index is 0.000000123. The van der Waals surface area contributed by atoms with E-state index < -0.39 is 0 Å². The summed E-state index contributed by atoms with van der Waals surface area (Å²) in [5.74, 6) is 0. The molecule has 0 fully saturated rings. The second kappa shape index (κ2) is 12.6. The summed E-state index contributed by atoms with van der Waals surface area (Å²) in [5, 5.41) is 13.7. The lowest BCUT2D eigenvalue weighted by Crippen LogP contribution is -1.84. The van der Waals surface area contributed by atoms with Crippen LogP contribution in [-0.4, -0.2) is 9.97 Å². The first kappa shape index (κ1) is 32.8. The van der Waals surface area contributed by atoms with Crippen LogP contribution in [0, 0.1) is 0 Å². The molecule has 0 bridgehead atoms. The Morgan fingerprint density at radius 2 is 0.683 bits per heavy atom. The highest BCUT2D eigenvalue weighted by molar-refractivity contribution is 6.33. The lowest BCUT2D eigenvalue weighted by Gasteiger charge is -2.08. The third kappa shape index (κ3) is 4.76. The molecule has 0 radical (unpaired) electrons. The lowest BCUT2D eigenvalue weighted by molar-refractivity contribution is 0.663. The molecule has 0 saturated carbocycles. The van der Waals surface area contributed by atoms with Crippen LogP contribution in [0.2, 0.25) is 0 Å². The summed E-state index contributed by atoms with van der Waals surface area (Å²) in [6, 6.07) is 53.9. The van der Waals surface area contributed by atoms with Crippen molar-refractivity contribution < 1.29 is 17.7 Å². The first-order valence-electron chi connectivity index (χ1n) is 19.9. The van der Waals surface area contributed by atoms with E-state index >= 15 is 0 Å². The number of pyridine rings is 2. The van der Waals surface area contributed by atoms with Crippen molar-refractivity contribution in [3.63, 3.8) is 0 Å². The fourth-order valence-electron chi connectivity index (χ4n) is 9.41. The van der Waals surface area contributed by atoms with Gasteiger partial charge in [0, 0.05) is 73.4 Å². The molecule has 280 valence electrons. The van der Waals surface area contributed by atoms with Gasteiger partial charge in [0.15, 0.2) is 0 Å². The van der Waals surface area contributed by atoms with Gasteiger partial charge in [-0.3, -0.25) is 9.97 Å². The first-order chi connectivity index (χ1) is 29.8. The van der Waals surface area contributed by atoms with Crippen LogP contribution >= 0.6 is 0 Å². The number of aromatic nitrogens is 2. The van der Waals surface area contributed by atoms with Gasteiger partial charge in [0.2, 0.25) is 0 Å². The van der Waals surface area contributed by atoms with Crippen LogP contribution in [0.3, 0.4) is 0 Å². The highest BCUT2D eigenvalue weighted by atomic mass is 16.3. The highest BCUT2D eigenvalue weighted by Gasteiger charge is 2.21. The van der Waals surface area contributed by atoms with Gasteiger partial charge < -0.3 is 17.7 Å². The van der Waals surface area contributed by atoms with E-state index in [9.17, 15) is 0 Å². The maximum atomic E-state index is 6.39. The number of hydrogen-bond donors (Lipinski definition) is 0. The normalized spacial score (nSPS) is 12.0. The summed E-state index contributed by atoms with van der Waals surface area (Å²) in [7, 11) is 0. The monoisotopic (exact) mass is 770 g/mol. The van der Waals surface area contributed by atoms with Crippen molar-refractivity contribution in [2.24, 2.45) is 0 Å². The molecule has 0 spiro atoms. The molecule has 0 N–H and O–H groups in total. The number of para-hydroxylation sites is 2. The number of rotatable bonds is 2. The minimum absolute atomic E-state index is 0.873. The van der Waals surface area contributed by atoms with Gasteiger partial charge in [-0.1, -0.05) is 91.0 Å². The summed E-state index contributed by atoms with van der Waals surface area (Å²) in [4.78, 5) is 8.49. The Bertz CT molecular complexity index is 3740. The molecule has 6 nitrogen and oxygen atoms in total. The summed E-state index contributed by atoms with van der Waals surface area (Å²) < 4.78 is 25.0. The van der Waals surface area contributed by atoms with Crippen molar-refractivity contribution in [3.05, 3.63) is 183 Å². The summed E-state index contributed by atoms with van der Waals surface area (Å²) in [6.07, 6.45) is 7.35. The molecule has 0 aliphatic rings. The third-order valence-corrected chi connectivity index (χ3v) is 11.9. The predicted octanol–water partition coefficient (Wildman–Crippen LogP) is 15.4. The van der Waals surface area contributed by atoms with E-state index in [-0.39, 0.29) is 0 Å². The van der Waals surface area contributed by atoms with Crippen molar-refractivity contribution in [1.29, 1.82) is 0 Å². The molecule has 8 aromatic carbocycles. The third-order valence-electron chi connectivity index (χ3n) is 11.9. The zero-order chi connectivity index (χ0) is 39.3. The summed E-state index contributed by atoms with van der Waals surface area (Å²) in [5.41, 5.74) is 11.5. The molecule has 14 rings (SSSR count). The number of benzene rings is 8. The summed E-state index contributed by atoms with van der Waals surface area (Å²) in [6.45, 7) is 0. The fourth-order valence-corrected chi connectivity index (χ4v) is 9.41. The Hall–Kier alpha value is -8.22. The molecule has 6 aromatic heterocycles. The standard InChI is InChI=1S/2C27H15NO2/c1-2-8-18-17(7-1)20(16-6-5-13-28-15-16)14-24-25(18)27-23(30-24)12-11-22-26(27)19-9-3-4-10-21(19)29-22;1-2-6-18-17(5-1)20(16-11-13-28-14-12-16)15-24-25(18)27-23(30-24)10-9-22-26(27)19-7-3-4-8-21(19)29-22/h2*1-15H. The Morgan fingerprint density at radius 3 is 1.18 bits per heavy atom. The molecule has 14 aromatic rings. The zero-order valence-electron chi connectivity index (χ0n) is 31.8. The average Bonchev–Trinajstić information content (AvgIpc) is 4.09. The van der Waals surface area contributed by atoms with Crippen molar-refractivity contribution in [2.45, 2.75) is 0 Å². The molecular formula is C54H30N2O4. The number of nitrogens with zero attached hydrogens (tertiary/aromatic N) is 2. The minimum atomic E-state index is 0.873. The van der Waals surface area contributed by atoms with Crippen molar-refractivity contribution in [3.8, 4) is 22.3 Å². The lowest BCUT2D eigenvalue weighted by atomic mass is 9.94. The van der Waals surface area contributed by atoms with E-state index in [4.69, 9.17) is 17.7 Å². The Labute approximate surface area is 340 Å². The van der Waals surface area contributed by atoms with Gasteiger partial charge in [-0.25, -0.2) is 0 Å². The largest absolute Gasteiger partial charge is 0.456 e. The van der Waals surface area contributed by atoms with E-state index in [0.29, 0.717) is 0 Å². The van der Waals surface area contributed by atoms with Crippen LogP contribution in [0.4, 0.5) is 0 Å². The minimum Gasteiger partial charge on any atom is -0.456 e. The number of furan rings is 4. The molecular weight excluding hydrogens is 741 g/mol. The van der Waals surface area contributed by atoms with Gasteiger partial charge in [0.1, 0.15) is 44.7 Å². The van der Waals surface area contributed by atoms with Crippen molar-refractivity contribution >= 4 is 109 Å². The maximum Gasteiger partial charge on any atom is 0.136 e. The molecule has 6 heterocycles. The van der Waals surface area contributed by atoms with Crippen LogP contribution in [0.5, 0.6) is 0 Å². The van der Waals surface area contributed by atoms with Crippen LogP contribution in [-0.2, 0) is 0 Å². The van der Waals surface area contributed by atoms with E-state index in [1.807, 2.05) is 85.3 Å². The first-order valence-corrected chi connectivity index (χ1v) is 19.9. The molecule has 0 atom stereocenters. The molecule has 0 saturated heterocycles. The second-order valence-electron chi connectivity index (χ2n) is 15.2. The van der Waals surface area contributed by atoms with Crippen LogP contribution in [0.25, 0.3) is 132 Å². The molecule has 0 aliphatic carbocycles. The van der Waals surface area contributed by atoms with Gasteiger partial charge in [-0.15, -0.1) is 0 Å². The van der Waals surface area contributed by atoms with Crippen LogP contribution in [0.1, 0.15) is 0 Å². The highest BCUT2D eigenvalue weighted by Crippen LogP contribution is 2.46. The van der Waals surface area contributed by atoms with Gasteiger partial charge in [0.25, 0.3) is 0 Å². The average molecular weight is 771 g/mol. The Morgan fingerprint density at radius 1 is 0.267 bits per heavy atom. The summed E-state index contributed by atoms with van der Waals surface area (Å²) >= 11 is 0. The van der Waals surface area contributed by atoms with Gasteiger partial charge in [0.05, 0.1) is 0 Å². The van der Waals surface area contributed by atoms with E-state index in [1.165, 1.54) is 21.5 Å². The van der Waals surface area contributed by atoms with E-state index in [2.05, 4.69) is 101 Å². The van der Waals surface area contributed by atoms with E-state index in [0.717, 1.165) is 110 Å². The zero-order valence-corrected chi connectivity index (χ0v) is 31.8.